The molecule has 0 bridgehead atoms. The van der Waals surface area contributed by atoms with Gasteiger partial charge in [0, 0.05) is 45.3 Å². The Kier molecular flexibility index (Phi) is 9.19. The van der Waals surface area contributed by atoms with Crippen molar-refractivity contribution in [2.24, 2.45) is 5.92 Å². The molecule has 36 heavy (non-hydrogen) atoms. The number of ether oxygens (including phenoxy) is 3. The summed E-state index contributed by atoms with van der Waals surface area (Å²) in [5.74, 6) is 0.863. The van der Waals surface area contributed by atoms with Crippen molar-refractivity contribution < 1.29 is 23.8 Å². The molecule has 0 aliphatic carbocycles. The largest absolute Gasteiger partial charge is 0.492 e. The average molecular weight is 496 g/mol. The lowest BCUT2D eigenvalue weighted by Crippen LogP contribution is -2.38. The molecule has 0 spiro atoms. The minimum atomic E-state index is -0.396. The molecule has 2 fully saturated rings. The zero-order chi connectivity index (χ0) is 25.3. The number of likely N-dealkylation sites (N-methyl/N-ethyl adjacent to an activating group) is 1. The van der Waals surface area contributed by atoms with Gasteiger partial charge < -0.3 is 24.4 Å². The fraction of sp³-hybridized carbons (Fsp3) is 0.500. The highest BCUT2D eigenvalue weighted by atomic mass is 16.5. The van der Waals surface area contributed by atoms with Crippen molar-refractivity contribution in [2.75, 3.05) is 51.5 Å². The lowest BCUT2D eigenvalue weighted by Gasteiger charge is -2.31. The first-order valence-electron chi connectivity index (χ1n) is 12.8. The summed E-state index contributed by atoms with van der Waals surface area (Å²) in [4.78, 5) is 29.5. The number of rotatable bonds is 11. The molecule has 194 valence electrons. The van der Waals surface area contributed by atoms with Gasteiger partial charge >= 0.3 is 0 Å². The van der Waals surface area contributed by atoms with E-state index in [9.17, 15) is 9.59 Å². The van der Waals surface area contributed by atoms with E-state index in [4.69, 9.17) is 14.2 Å². The normalized spacial score (nSPS) is 18.5. The van der Waals surface area contributed by atoms with Gasteiger partial charge in [-0.3, -0.25) is 14.5 Å². The van der Waals surface area contributed by atoms with Crippen LogP contribution in [0.2, 0.25) is 0 Å². The molecule has 8 heteroatoms. The molecule has 4 rings (SSSR count). The van der Waals surface area contributed by atoms with Crippen molar-refractivity contribution in [3.63, 3.8) is 0 Å². The molecule has 0 saturated carbocycles. The van der Waals surface area contributed by atoms with Gasteiger partial charge in [0.05, 0.1) is 18.2 Å². The lowest BCUT2D eigenvalue weighted by atomic mass is 10.1. The Morgan fingerprint density at radius 3 is 2.75 bits per heavy atom. The van der Waals surface area contributed by atoms with Crippen LogP contribution >= 0.6 is 0 Å². The van der Waals surface area contributed by atoms with E-state index in [1.54, 1.807) is 4.90 Å². The van der Waals surface area contributed by atoms with Crippen LogP contribution in [-0.2, 0) is 20.9 Å². The molecule has 2 amide bonds. The molecule has 8 nitrogen and oxygen atoms in total. The zero-order valence-corrected chi connectivity index (χ0v) is 21.3. The number of hydrogen-bond acceptors (Lipinski definition) is 6. The maximum absolute atomic E-state index is 12.9. The quantitative estimate of drug-likeness (QED) is 0.516. The molecule has 1 atom stereocenters. The van der Waals surface area contributed by atoms with Crippen molar-refractivity contribution in [2.45, 2.75) is 38.8 Å². The third-order valence-corrected chi connectivity index (χ3v) is 6.84. The fourth-order valence-electron chi connectivity index (χ4n) is 4.77. The maximum Gasteiger partial charge on any atom is 0.227 e. The first-order chi connectivity index (χ1) is 17.5. The van der Waals surface area contributed by atoms with Crippen molar-refractivity contribution in [3.8, 4) is 11.5 Å². The summed E-state index contributed by atoms with van der Waals surface area (Å²) in [6.45, 7) is 6.27. The summed E-state index contributed by atoms with van der Waals surface area (Å²) in [5, 5.41) is 2.99. The van der Waals surface area contributed by atoms with E-state index in [0.717, 1.165) is 43.9 Å². The Morgan fingerprint density at radius 2 is 1.94 bits per heavy atom. The van der Waals surface area contributed by atoms with Crippen LogP contribution in [0.5, 0.6) is 11.5 Å². The number of hydrogen-bond donors (Lipinski definition) is 1. The number of amides is 2. The Bertz CT molecular complexity index is 1020. The number of nitrogens with zero attached hydrogens (tertiary/aromatic N) is 2. The molecule has 2 aromatic carbocycles. The summed E-state index contributed by atoms with van der Waals surface area (Å²) < 4.78 is 17.1. The van der Waals surface area contributed by atoms with Gasteiger partial charge in [-0.25, -0.2) is 0 Å². The van der Waals surface area contributed by atoms with Gasteiger partial charge in [-0.2, -0.15) is 0 Å². The minimum absolute atomic E-state index is 0.0663. The van der Waals surface area contributed by atoms with Gasteiger partial charge in [-0.05, 0) is 56.6 Å². The summed E-state index contributed by atoms with van der Waals surface area (Å²) >= 11 is 0. The second kappa shape index (κ2) is 12.7. The van der Waals surface area contributed by atoms with Crippen molar-refractivity contribution >= 4 is 17.5 Å². The molecular weight excluding hydrogens is 458 g/mol. The van der Waals surface area contributed by atoms with Crippen LogP contribution in [0.3, 0.4) is 0 Å². The van der Waals surface area contributed by atoms with E-state index in [-0.39, 0.29) is 18.2 Å². The predicted octanol–water partition coefficient (Wildman–Crippen LogP) is 3.24. The smallest absolute Gasteiger partial charge is 0.227 e. The number of carbonyl (C=O) groups is 2. The van der Waals surface area contributed by atoms with Crippen molar-refractivity contribution in [3.05, 3.63) is 54.1 Å². The van der Waals surface area contributed by atoms with Crippen LogP contribution in [-0.4, -0.2) is 69.3 Å². The van der Waals surface area contributed by atoms with Crippen LogP contribution in [0.4, 0.5) is 5.69 Å². The van der Waals surface area contributed by atoms with E-state index in [2.05, 4.69) is 17.3 Å². The summed E-state index contributed by atoms with van der Waals surface area (Å²) in [6.07, 6.45) is 2.32. The second-order valence-electron chi connectivity index (χ2n) is 9.34. The monoisotopic (exact) mass is 495 g/mol. The molecule has 0 radical (unpaired) electrons. The van der Waals surface area contributed by atoms with Gasteiger partial charge in [0.15, 0.2) is 0 Å². The highest BCUT2D eigenvalue weighted by Gasteiger charge is 2.36. The highest BCUT2D eigenvalue weighted by molar-refractivity contribution is 6.01. The molecule has 2 saturated heterocycles. The molecule has 1 unspecified atom stereocenters. The number of para-hydroxylation sites is 2. The SMILES string of the molecule is CCOc1ccccc1N1CC(C(=O)NCc2cccc(OCCN(C)C3CCOCC3)c2)CC1=O. The van der Waals surface area contributed by atoms with Crippen molar-refractivity contribution in [1.82, 2.24) is 10.2 Å². The van der Waals surface area contributed by atoms with Crippen molar-refractivity contribution in [1.29, 1.82) is 0 Å². The Balaban J connectivity index is 1.25. The van der Waals surface area contributed by atoms with Gasteiger partial charge in [0.2, 0.25) is 11.8 Å². The molecular formula is C28H37N3O5. The molecule has 2 aliphatic rings. The van der Waals surface area contributed by atoms with Crippen LogP contribution in [0.25, 0.3) is 0 Å². The van der Waals surface area contributed by atoms with E-state index < -0.39 is 5.92 Å². The van der Waals surface area contributed by atoms with E-state index in [1.807, 2.05) is 55.5 Å². The van der Waals surface area contributed by atoms with Gasteiger partial charge in [0.25, 0.3) is 0 Å². The number of benzene rings is 2. The van der Waals surface area contributed by atoms with Gasteiger partial charge in [0.1, 0.15) is 18.1 Å². The molecule has 2 aliphatic heterocycles. The van der Waals surface area contributed by atoms with E-state index in [0.29, 0.717) is 43.8 Å². The number of nitrogens with one attached hydrogen (secondary N) is 1. The van der Waals surface area contributed by atoms with Crippen LogP contribution in [0.15, 0.2) is 48.5 Å². The first kappa shape index (κ1) is 26.0. The van der Waals surface area contributed by atoms with Gasteiger partial charge in [-0.1, -0.05) is 24.3 Å². The minimum Gasteiger partial charge on any atom is -0.492 e. The standard InChI is InChI=1S/C28H37N3O5/c1-3-35-26-10-5-4-9-25(26)31-20-22(18-27(31)32)28(33)29-19-21-7-6-8-24(17-21)36-16-13-30(2)23-11-14-34-15-12-23/h4-10,17,22-23H,3,11-16,18-20H2,1-2H3,(H,29,33). The zero-order valence-electron chi connectivity index (χ0n) is 21.3. The predicted molar refractivity (Wildman–Crippen MR) is 138 cm³/mol. The lowest BCUT2D eigenvalue weighted by molar-refractivity contribution is -0.126. The van der Waals surface area contributed by atoms with Crippen LogP contribution in [0.1, 0.15) is 31.7 Å². The second-order valence-corrected chi connectivity index (χ2v) is 9.34. The topological polar surface area (TPSA) is 80.3 Å². The number of anilines is 1. The molecule has 1 N–H and O–H groups in total. The summed E-state index contributed by atoms with van der Waals surface area (Å²) in [5.41, 5.74) is 1.67. The van der Waals surface area contributed by atoms with Crippen LogP contribution < -0.4 is 19.7 Å². The van der Waals surface area contributed by atoms with Gasteiger partial charge in [-0.15, -0.1) is 0 Å². The molecule has 0 aromatic heterocycles. The van der Waals surface area contributed by atoms with E-state index >= 15 is 0 Å². The average Bonchev–Trinajstić information content (AvgIpc) is 3.30. The third kappa shape index (κ3) is 6.77. The summed E-state index contributed by atoms with van der Waals surface area (Å²) in [7, 11) is 2.13. The fourth-order valence-corrected chi connectivity index (χ4v) is 4.77. The number of carbonyl (C=O) groups excluding carboxylic acids is 2. The first-order valence-corrected chi connectivity index (χ1v) is 12.8. The Labute approximate surface area is 213 Å². The highest BCUT2D eigenvalue weighted by Crippen LogP contribution is 2.33. The summed E-state index contributed by atoms with van der Waals surface area (Å²) in [6, 6.07) is 15.8. The maximum atomic E-state index is 12.9. The third-order valence-electron chi connectivity index (χ3n) is 6.84. The van der Waals surface area contributed by atoms with E-state index in [1.165, 1.54) is 0 Å². The molecule has 2 aromatic rings. The molecule has 2 heterocycles. The Morgan fingerprint density at radius 1 is 1.14 bits per heavy atom. The Hall–Kier alpha value is -3.10. The van der Waals surface area contributed by atoms with Crippen LogP contribution in [0, 0.1) is 5.92 Å².